The monoisotopic (exact) mass is 423 g/mol. The summed E-state index contributed by atoms with van der Waals surface area (Å²) < 4.78 is 28.2. The summed E-state index contributed by atoms with van der Waals surface area (Å²) in [5.74, 6) is -0.531. The summed E-state index contributed by atoms with van der Waals surface area (Å²) >= 11 is 0. The van der Waals surface area contributed by atoms with Crippen molar-refractivity contribution in [3.63, 3.8) is 0 Å². The molecule has 30 heavy (non-hydrogen) atoms. The van der Waals surface area contributed by atoms with E-state index in [1.165, 1.54) is 4.31 Å². The molecule has 1 fully saturated rings. The Bertz CT molecular complexity index is 1200. The molecule has 0 unspecified atom stereocenters. The molecule has 4 rings (SSSR count). The summed E-state index contributed by atoms with van der Waals surface area (Å²) in [6, 6.07) is 14.7. The number of carbonyl (C=O) groups is 1. The number of benzene rings is 2. The van der Waals surface area contributed by atoms with Crippen molar-refractivity contribution in [1.82, 2.24) is 9.29 Å². The van der Waals surface area contributed by atoms with Crippen molar-refractivity contribution in [2.45, 2.75) is 31.6 Å². The lowest BCUT2D eigenvalue weighted by Crippen LogP contribution is -2.43. The molecule has 1 aliphatic heterocycles. The van der Waals surface area contributed by atoms with Crippen molar-refractivity contribution >= 4 is 32.5 Å². The molecule has 1 amide bonds. The zero-order valence-corrected chi connectivity index (χ0v) is 17.9. The normalized spacial score (nSPS) is 17.7. The lowest BCUT2D eigenvalue weighted by molar-refractivity contribution is -0.120. The SMILES string of the molecule is Cc1ccc(C)c(NC(=O)[C@@H]2CCCN(S(=O)(=O)c3cccc4cccnc34)C2)c1. The van der Waals surface area contributed by atoms with Crippen molar-refractivity contribution < 1.29 is 13.2 Å². The third-order valence-electron chi connectivity index (χ3n) is 5.62. The summed E-state index contributed by atoms with van der Waals surface area (Å²) in [7, 11) is -3.75. The van der Waals surface area contributed by atoms with Gasteiger partial charge in [0.05, 0.1) is 11.4 Å². The molecule has 2 heterocycles. The van der Waals surface area contributed by atoms with E-state index in [1.54, 1.807) is 24.4 Å². The molecule has 0 spiro atoms. The van der Waals surface area contributed by atoms with E-state index in [0.717, 1.165) is 22.2 Å². The molecule has 1 saturated heterocycles. The van der Waals surface area contributed by atoms with Gasteiger partial charge in [-0.1, -0.05) is 30.3 Å². The lowest BCUT2D eigenvalue weighted by Gasteiger charge is -2.31. The van der Waals surface area contributed by atoms with Crippen LogP contribution in [0.4, 0.5) is 5.69 Å². The number of piperidine rings is 1. The Morgan fingerprint density at radius 3 is 2.77 bits per heavy atom. The molecule has 0 bridgehead atoms. The quantitative estimate of drug-likeness (QED) is 0.690. The van der Waals surface area contributed by atoms with Crippen LogP contribution in [0.15, 0.2) is 59.6 Å². The van der Waals surface area contributed by atoms with E-state index in [2.05, 4.69) is 10.3 Å². The van der Waals surface area contributed by atoms with Crippen LogP contribution in [0.5, 0.6) is 0 Å². The summed E-state index contributed by atoms with van der Waals surface area (Å²) in [6.07, 6.45) is 2.90. The summed E-state index contributed by atoms with van der Waals surface area (Å²) in [4.78, 5) is 17.4. The van der Waals surface area contributed by atoms with Gasteiger partial charge in [-0.15, -0.1) is 0 Å². The molecule has 7 heteroatoms. The number of nitrogens with one attached hydrogen (secondary N) is 1. The Hall–Kier alpha value is -2.77. The number of carbonyl (C=O) groups excluding carboxylic acids is 1. The first-order valence-corrected chi connectivity index (χ1v) is 11.5. The Balaban J connectivity index is 1.57. The van der Waals surface area contributed by atoms with E-state index in [0.29, 0.717) is 24.9 Å². The molecular formula is C23H25N3O3S. The van der Waals surface area contributed by atoms with Crippen LogP contribution in [-0.2, 0) is 14.8 Å². The van der Waals surface area contributed by atoms with Crippen LogP contribution in [0, 0.1) is 19.8 Å². The van der Waals surface area contributed by atoms with Gasteiger partial charge in [-0.2, -0.15) is 4.31 Å². The summed E-state index contributed by atoms with van der Waals surface area (Å²) in [5.41, 5.74) is 3.28. The molecule has 2 aromatic carbocycles. The van der Waals surface area contributed by atoms with Crippen LogP contribution in [0.3, 0.4) is 0 Å². The standard InChI is InChI=1S/C23H25N3O3S/c1-16-10-11-17(2)20(14-16)25-23(27)19-8-5-13-26(15-19)30(28,29)21-9-3-6-18-7-4-12-24-22(18)21/h3-4,6-7,9-12,14,19H,5,8,13,15H2,1-2H3,(H,25,27)/t19-/m1/s1. The molecular weight excluding hydrogens is 398 g/mol. The van der Waals surface area contributed by atoms with Gasteiger partial charge < -0.3 is 5.32 Å². The van der Waals surface area contributed by atoms with Crippen molar-refractivity contribution in [1.29, 1.82) is 0 Å². The van der Waals surface area contributed by atoms with Crippen molar-refractivity contribution in [3.05, 3.63) is 65.9 Å². The van der Waals surface area contributed by atoms with E-state index in [-0.39, 0.29) is 17.3 Å². The maximum Gasteiger partial charge on any atom is 0.245 e. The largest absolute Gasteiger partial charge is 0.326 e. The number of rotatable bonds is 4. The van der Waals surface area contributed by atoms with Crippen LogP contribution >= 0.6 is 0 Å². The number of fused-ring (bicyclic) bond motifs is 1. The molecule has 1 aliphatic rings. The highest BCUT2D eigenvalue weighted by atomic mass is 32.2. The molecule has 1 N–H and O–H groups in total. The Morgan fingerprint density at radius 2 is 1.93 bits per heavy atom. The first-order chi connectivity index (χ1) is 14.4. The zero-order chi connectivity index (χ0) is 21.3. The minimum absolute atomic E-state index is 0.139. The second kappa shape index (κ2) is 8.16. The third kappa shape index (κ3) is 3.95. The van der Waals surface area contributed by atoms with Crippen LogP contribution in [0.1, 0.15) is 24.0 Å². The lowest BCUT2D eigenvalue weighted by atomic mass is 9.98. The fourth-order valence-corrected chi connectivity index (χ4v) is 5.59. The molecule has 0 radical (unpaired) electrons. The van der Waals surface area contributed by atoms with Crippen molar-refractivity contribution in [2.75, 3.05) is 18.4 Å². The number of para-hydroxylation sites is 1. The Labute approximate surface area is 177 Å². The number of hydrogen-bond donors (Lipinski definition) is 1. The number of aromatic nitrogens is 1. The average molecular weight is 424 g/mol. The summed E-state index contributed by atoms with van der Waals surface area (Å²) in [6.45, 7) is 4.49. The van der Waals surface area contributed by atoms with Gasteiger partial charge in [0.1, 0.15) is 4.90 Å². The minimum atomic E-state index is -3.75. The fourth-order valence-electron chi connectivity index (χ4n) is 3.90. The van der Waals surface area contributed by atoms with Gasteiger partial charge in [-0.3, -0.25) is 9.78 Å². The minimum Gasteiger partial charge on any atom is -0.326 e. The first-order valence-electron chi connectivity index (χ1n) is 10.1. The summed E-state index contributed by atoms with van der Waals surface area (Å²) in [5, 5.41) is 3.77. The van der Waals surface area contributed by atoms with Crippen LogP contribution < -0.4 is 5.32 Å². The number of anilines is 1. The second-order valence-electron chi connectivity index (χ2n) is 7.84. The van der Waals surface area contributed by atoms with Gasteiger partial charge in [0.15, 0.2) is 0 Å². The molecule has 0 aliphatic carbocycles. The molecule has 1 aromatic heterocycles. The topological polar surface area (TPSA) is 79.4 Å². The van der Waals surface area contributed by atoms with E-state index in [4.69, 9.17) is 0 Å². The van der Waals surface area contributed by atoms with E-state index >= 15 is 0 Å². The fraction of sp³-hybridized carbons (Fsp3) is 0.304. The smallest absolute Gasteiger partial charge is 0.245 e. The number of hydrogen-bond acceptors (Lipinski definition) is 4. The van der Waals surface area contributed by atoms with E-state index in [1.807, 2.05) is 44.2 Å². The van der Waals surface area contributed by atoms with E-state index < -0.39 is 15.9 Å². The maximum absolute atomic E-state index is 13.4. The van der Waals surface area contributed by atoms with Gasteiger partial charge in [-0.05, 0) is 56.0 Å². The highest BCUT2D eigenvalue weighted by Crippen LogP contribution is 2.28. The van der Waals surface area contributed by atoms with E-state index in [9.17, 15) is 13.2 Å². The van der Waals surface area contributed by atoms with Crippen LogP contribution in [0.2, 0.25) is 0 Å². The van der Waals surface area contributed by atoms with Crippen LogP contribution in [0.25, 0.3) is 10.9 Å². The molecule has 1 atom stereocenters. The maximum atomic E-state index is 13.4. The van der Waals surface area contributed by atoms with Gasteiger partial charge in [-0.25, -0.2) is 8.42 Å². The van der Waals surface area contributed by atoms with Crippen molar-refractivity contribution in [3.8, 4) is 0 Å². The van der Waals surface area contributed by atoms with Crippen LogP contribution in [-0.4, -0.2) is 36.7 Å². The number of aryl methyl sites for hydroxylation is 2. The predicted octanol–water partition coefficient (Wildman–Crippen LogP) is 3.89. The highest BCUT2D eigenvalue weighted by molar-refractivity contribution is 7.89. The average Bonchev–Trinajstić information content (AvgIpc) is 2.76. The third-order valence-corrected chi connectivity index (χ3v) is 7.52. The molecule has 6 nitrogen and oxygen atoms in total. The number of sulfonamides is 1. The predicted molar refractivity (Wildman–Crippen MR) is 118 cm³/mol. The van der Waals surface area contributed by atoms with Crippen molar-refractivity contribution in [2.24, 2.45) is 5.92 Å². The van der Waals surface area contributed by atoms with Gasteiger partial charge in [0, 0.05) is 30.4 Å². The second-order valence-corrected chi connectivity index (χ2v) is 9.75. The zero-order valence-electron chi connectivity index (χ0n) is 17.1. The number of nitrogens with zero attached hydrogens (tertiary/aromatic N) is 2. The Morgan fingerprint density at radius 1 is 1.13 bits per heavy atom. The molecule has 0 saturated carbocycles. The first kappa shape index (κ1) is 20.5. The number of amides is 1. The number of pyridine rings is 1. The van der Waals surface area contributed by atoms with Gasteiger partial charge in [0.2, 0.25) is 15.9 Å². The van der Waals surface area contributed by atoms with Gasteiger partial charge >= 0.3 is 0 Å². The molecule has 3 aromatic rings. The van der Waals surface area contributed by atoms with Gasteiger partial charge in [0.25, 0.3) is 0 Å². The Kier molecular flexibility index (Phi) is 5.58. The highest BCUT2D eigenvalue weighted by Gasteiger charge is 2.34. The molecule has 156 valence electrons.